The molecule has 0 unspecified atom stereocenters. The molecule has 1 aliphatic heterocycles. The van der Waals surface area contributed by atoms with Gasteiger partial charge in [-0.2, -0.15) is 0 Å². The van der Waals surface area contributed by atoms with Crippen molar-refractivity contribution in [3.05, 3.63) is 35.1 Å². The first-order valence-corrected chi connectivity index (χ1v) is 4.69. The predicted octanol–water partition coefficient (Wildman–Crippen LogP) is 2.47. The molecule has 0 aromatic carbocycles. The molecule has 2 nitrogen and oxygen atoms in total. The topological polar surface area (TPSA) is 6.48 Å². The van der Waals surface area contributed by atoms with Crippen LogP contribution in [0.2, 0.25) is 0 Å². The minimum Gasteiger partial charge on any atom is -0.282 e. The van der Waals surface area contributed by atoms with Gasteiger partial charge in [-0.15, -0.1) is 0 Å². The van der Waals surface area contributed by atoms with Gasteiger partial charge in [0.05, 0.1) is 5.70 Å². The normalized spacial score (nSPS) is 17.2. The van der Waals surface area contributed by atoms with Crippen molar-refractivity contribution in [3.63, 3.8) is 0 Å². The van der Waals surface area contributed by atoms with Crippen LogP contribution in [0.4, 0.5) is 0 Å². The summed E-state index contributed by atoms with van der Waals surface area (Å²) in [6.45, 7) is 7.01. The molecule has 0 aliphatic carbocycles. The summed E-state index contributed by atoms with van der Waals surface area (Å²) in [5, 5.41) is 4.11. The van der Waals surface area contributed by atoms with Crippen molar-refractivity contribution < 1.29 is 0 Å². The molecular formula is C9H13BrN2. The van der Waals surface area contributed by atoms with Gasteiger partial charge in [-0.05, 0) is 12.2 Å². The summed E-state index contributed by atoms with van der Waals surface area (Å²) in [4.78, 5) is 0. The van der Waals surface area contributed by atoms with E-state index in [0.29, 0.717) is 0 Å². The number of hydrazine groups is 1. The summed E-state index contributed by atoms with van der Waals surface area (Å²) >= 11 is 3.40. The molecule has 66 valence electrons. The fraction of sp³-hybridized carbons (Fsp3) is 0.333. The minimum absolute atomic E-state index is 0.967. The van der Waals surface area contributed by atoms with Gasteiger partial charge in [0.1, 0.15) is 0 Å². The van der Waals surface area contributed by atoms with Crippen LogP contribution in [0.25, 0.3) is 0 Å². The van der Waals surface area contributed by atoms with E-state index in [1.165, 1.54) is 0 Å². The van der Waals surface area contributed by atoms with E-state index in [1.807, 2.05) is 30.4 Å². The third kappa shape index (κ3) is 1.99. The summed E-state index contributed by atoms with van der Waals surface area (Å²) in [6, 6.07) is 0. The van der Waals surface area contributed by atoms with Gasteiger partial charge in [0, 0.05) is 24.3 Å². The number of hydrogen-bond acceptors (Lipinski definition) is 2. The number of hydrogen-bond donors (Lipinski definition) is 0. The summed E-state index contributed by atoms with van der Waals surface area (Å²) in [5.41, 5.74) is 0.980. The second-order valence-corrected chi connectivity index (χ2v) is 3.57. The molecule has 12 heavy (non-hydrogen) atoms. The zero-order chi connectivity index (χ0) is 9.14. The van der Waals surface area contributed by atoms with Crippen LogP contribution >= 0.6 is 15.9 Å². The largest absolute Gasteiger partial charge is 0.282 e. The zero-order valence-electron chi connectivity index (χ0n) is 7.42. The lowest BCUT2D eigenvalue weighted by Gasteiger charge is -2.31. The van der Waals surface area contributed by atoms with Crippen molar-refractivity contribution in [2.75, 3.05) is 13.6 Å². The maximum atomic E-state index is 3.94. The maximum Gasteiger partial charge on any atom is 0.0512 e. The van der Waals surface area contributed by atoms with Crippen molar-refractivity contribution in [1.82, 2.24) is 10.0 Å². The molecular weight excluding hydrogens is 216 g/mol. The van der Waals surface area contributed by atoms with Crippen LogP contribution < -0.4 is 0 Å². The second-order valence-electron chi connectivity index (χ2n) is 2.65. The quantitative estimate of drug-likeness (QED) is 0.717. The smallest absolute Gasteiger partial charge is 0.0512 e. The Morgan fingerprint density at radius 3 is 2.83 bits per heavy atom. The summed E-state index contributed by atoms with van der Waals surface area (Å²) < 4.78 is 1.06. The molecule has 0 spiro atoms. The Kier molecular flexibility index (Phi) is 3.12. The van der Waals surface area contributed by atoms with E-state index in [1.54, 1.807) is 0 Å². The Morgan fingerprint density at radius 2 is 2.33 bits per heavy atom. The molecule has 0 bridgehead atoms. The number of allylic oxidation sites excluding steroid dienone is 3. The van der Waals surface area contributed by atoms with Gasteiger partial charge in [-0.1, -0.05) is 29.4 Å². The van der Waals surface area contributed by atoms with E-state index in [2.05, 4.69) is 34.4 Å². The number of halogens is 1. The Labute approximate surface area is 81.9 Å². The first-order valence-electron chi connectivity index (χ1n) is 3.89. The molecule has 0 aromatic rings. The van der Waals surface area contributed by atoms with Crippen LogP contribution in [-0.2, 0) is 0 Å². The summed E-state index contributed by atoms with van der Waals surface area (Å²) in [7, 11) is 2.03. The highest BCUT2D eigenvalue weighted by Crippen LogP contribution is 2.20. The first kappa shape index (κ1) is 9.55. The maximum absolute atomic E-state index is 3.94. The lowest BCUT2D eigenvalue weighted by atomic mass is 10.3. The molecule has 0 saturated heterocycles. The zero-order valence-corrected chi connectivity index (χ0v) is 9.00. The van der Waals surface area contributed by atoms with Crippen molar-refractivity contribution in [2.45, 2.75) is 6.92 Å². The summed E-state index contributed by atoms with van der Waals surface area (Å²) in [6.07, 6.45) is 5.99. The second kappa shape index (κ2) is 3.92. The Morgan fingerprint density at radius 1 is 1.67 bits per heavy atom. The molecule has 3 heteroatoms. The molecule has 0 saturated carbocycles. The van der Waals surface area contributed by atoms with Gasteiger partial charge in [-0.3, -0.25) is 5.01 Å². The van der Waals surface area contributed by atoms with Gasteiger partial charge < -0.3 is 0 Å². The molecule has 1 aliphatic rings. The molecule has 0 atom stereocenters. The van der Waals surface area contributed by atoms with E-state index >= 15 is 0 Å². The molecule has 1 heterocycles. The summed E-state index contributed by atoms with van der Waals surface area (Å²) in [5.74, 6) is 0. The number of nitrogens with zero attached hydrogens (tertiary/aromatic N) is 2. The first-order chi connectivity index (χ1) is 5.65. The Balaban J connectivity index is 2.72. The average molecular weight is 229 g/mol. The highest BCUT2D eigenvalue weighted by molar-refractivity contribution is 9.11. The van der Waals surface area contributed by atoms with Crippen LogP contribution in [-0.4, -0.2) is 23.6 Å². The van der Waals surface area contributed by atoms with Crippen LogP contribution in [0.1, 0.15) is 6.92 Å². The predicted molar refractivity (Wildman–Crippen MR) is 55.4 cm³/mol. The highest BCUT2D eigenvalue weighted by Gasteiger charge is 2.10. The van der Waals surface area contributed by atoms with Crippen molar-refractivity contribution in [3.8, 4) is 0 Å². The van der Waals surface area contributed by atoms with E-state index in [4.69, 9.17) is 0 Å². The van der Waals surface area contributed by atoms with Crippen LogP contribution in [0.15, 0.2) is 35.1 Å². The lowest BCUT2D eigenvalue weighted by molar-refractivity contribution is 0.100. The SMILES string of the molecule is C=C1C=C(Br)C=CN1N(C)CC. The van der Waals surface area contributed by atoms with Gasteiger partial charge in [0.15, 0.2) is 0 Å². The molecule has 1 rings (SSSR count). The van der Waals surface area contributed by atoms with Gasteiger partial charge in [0.2, 0.25) is 0 Å². The van der Waals surface area contributed by atoms with Crippen molar-refractivity contribution in [1.29, 1.82) is 0 Å². The van der Waals surface area contributed by atoms with E-state index in [0.717, 1.165) is 16.7 Å². The van der Waals surface area contributed by atoms with Gasteiger partial charge >= 0.3 is 0 Å². The molecule has 0 radical (unpaired) electrons. The van der Waals surface area contributed by atoms with Gasteiger partial charge in [0.25, 0.3) is 0 Å². The van der Waals surface area contributed by atoms with Gasteiger partial charge in [-0.25, -0.2) is 5.01 Å². The molecule has 0 amide bonds. The Bertz CT molecular complexity index is 243. The van der Waals surface area contributed by atoms with Crippen molar-refractivity contribution >= 4 is 15.9 Å². The standard InChI is InChI=1S/C9H13BrN2/c1-4-11(3)12-6-5-9(10)7-8(12)2/h5-7H,2,4H2,1,3H3. The van der Waals surface area contributed by atoms with E-state index in [9.17, 15) is 0 Å². The monoisotopic (exact) mass is 228 g/mol. The molecule has 0 fully saturated rings. The third-order valence-corrected chi connectivity index (χ3v) is 2.29. The molecule has 0 N–H and O–H groups in total. The fourth-order valence-corrected chi connectivity index (χ4v) is 1.38. The average Bonchev–Trinajstić information content (AvgIpc) is 2.03. The highest BCUT2D eigenvalue weighted by atomic mass is 79.9. The molecule has 0 aromatic heterocycles. The van der Waals surface area contributed by atoms with Crippen LogP contribution in [0.3, 0.4) is 0 Å². The number of rotatable bonds is 2. The minimum atomic E-state index is 0.967. The van der Waals surface area contributed by atoms with E-state index in [-0.39, 0.29) is 0 Å². The van der Waals surface area contributed by atoms with Crippen LogP contribution in [0.5, 0.6) is 0 Å². The van der Waals surface area contributed by atoms with E-state index < -0.39 is 0 Å². The van der Waals surface area contributed by atoms with Crippen LogP contribution in [0, 0.1) is 0 Å². The Hall–Kier alpha value is -0.540. The lowest BCUT2D eigenvalue weighted by Crippen LogP contribution is -2.34. The third-order valence-electron chi connectivity index (χ3n) is 1.80. The van der Waals surface area contributed by atoms with Crippen molar-refractivity contribution in [2.24, 2.45) is 0 Å². The fourth-order valence-electron chi connectivity index (χ4n) is 0.996.